The van der Waals surface area contributed by atoms with E-state index >= 15 is 0 Å². The lowest BCUT2D eigenvalue weighted by Crippen LogP contribution is -2.32. The van der Waals surface area contributed by atoms with Gasteiger partial charge in [-0.15, -0.1) is 0 Å². The molecule has 1 atom stereocenters. The quantitative estimate of drug-likeness (QED) is 0.708. The van der Waals surface area contributed by atoms with Gasteiger partial charge in [0.1, 0.15) is 11.6 Å². The summed E-state index contributed by atoms with van der Waals surface area (Å²) in [6.07, 6.45) is 0.895. The molecular weight excluding hydrogens is 261 g/mol. The van der Waals surface area contributed by atoms with Crippen LogP contribution in [0.4, 0.5) is 4.39 Å². The van der Waals surface area contributed by atoms with Gasteiger partial charge in [0.15, 0.2) is 0 Å². The van der Waals surface area contributed by atoms with Crippen molar-refractivity contribution >= 4 is 0 Å². The normalized spacial score (nSPS) is 12.8. The Bertz CT molecular complexity index is 401. The van der Waals surface area contributed by atoms with Crippen molar-refractivity contribution in [2.24, 2.45) is 0 Å². The molecule has 5 heteroatoms. The van der Waals surface area contributed by atoms with Gasteiger partial charge >= 0.3 is 0 Å². The van der Waals surface area contributed by atoms with Gasteiger partial charge in [-0.05, 0) is 19.4 Å². The van der Waals surface area contributed by atoms with Crippen molar-refractivity contribution in [2.75, 3.05) is 40.5 Å². The Kier molecular flexibility index (Phi) is 7.51. The van der Waals surface area contributed by atoms with Crippen molar-refractivity contribution in [3.63, 3.8) is 0 Å². The van der Waals surface area contributed by atoms with Gasteiger partial charge in [-0.2, -0.15) is 0 Å². The van der Waals surface area contributed by atoms with E-state index < -0.39 is 5.82 Å². The number of ether oxygens (including phenoxy) is 2. The highest BCUT2D eigenvalue weighted by Gasteiger charge is 2.18. The van der Waals surface area contributed by atoms with E-state index in [0.29, 0.717) is 13.2 Å². The first-order valence-electron chi connectivity index (χ1n) is 6.80. The van der Waals surface area contributed by atoms with Crippen molar-refractivity contribution in [3.05, 3.63) is 29.6 Å². The molecule has 0 saturated heterocycles. The lowest BCUT2D eigenvalue weighted by atomic mass is 10.1. The first kappa shape index (κ1) is 16.9. The number of hydrogen-bond acceptors (Lipinski definition) is 4. The molecule has 0 spiro atoms. The number of phenolic OH excluding ortho intramolecular Hbond substituents is 1. The molecule has 4 nitrogen and oxygen atoms in total. The summed E-state index contributed by atoms with van der Waals surface area (Å²) >= 11 is 0. The second kappa shape index (κ2) is 8.89. The van der Waals surface area contributed by atoms with E-state index in [1.54, 1.807) is 20.3 Å². The number of hydrogen-bond donors (Lipinski definition) is 1. The lowest BCUT2D eigenvalue weighted by Gasteiger charge is -2.29. The van der Waals surface area contributed by atoms with Gasteiger partial charge in [0.2, 0.25) is 0 Å². The molecule has 0 bridgehead atoms. The van der Waals surface area contributed by atoms with Crippen molar-refractivity contribution in [2.45, 2.75) is 19.4 Å². The lowest BCUT2D eigenvalue weighted by molar-refractivity contribution is 0.110. The predicted octanol–water partition coefficient (Wildman–Crippen LogP) is 2.58. The molecule has 0 fully saturated rings. The molecule has 0 radical (unpaired) electrons. The molecule has 0 aliphatic rings. The Morgan fingerprint density at radius 3 is 2.50 bits per heavy atom. The van der Waals surface area contributed by atoms with E-state index in [0.717, 1.165) is 31.1 Å². The van der Waals surface area contributed by atoms with Crippen LogP contribution in [0.2, 0.25) is 0 Å². The first-order valence-corrected chi connectivity index (χ1v) is 6.80. The highest BCUT2D eigenvalue weighted by atomic mass is 19.1. The molecule has 1 unspecified atom stereocenters. The average molecular weight is 285 g/mol. The van der Waals surface area contributed by atoms with Gasteiger partial charge in [-0.1, -0.05) is 6.07 Å². The maximum atomic E-state index is 13.1. The van der Waals surface area contributed by atoms with Crippen LogP contribution in [-0.2, 0) is 9.47 Å². The Morgan fingerprint density at radius 1 is 1.20 bits per heavy atom. The number of methoxy groups -OCH3 is 2. The maximum absolute atomic E-state index is 13.1. The summed E-state index contributed by atoms with van der Waals surface area (Å²) in [5.41, 5.74) is 0.722. The Balaban J connectivity index is 2.76. The van der Waals surface area contributed by atoms with E-state index in [2.05, 4.69) is 4.90 Å². The minimum absolute atomic E-state index is 0.00772. The van der Waals surface area contributed by atoms with E-state index in [1.165, 1.54) is 6.07 Å². The Hall–Kier alpha value is -1.17. The van der Waals surface area contributed by atoms with Crippen LogP contribution in [-0.4, -0.2) is 50.5 Å². The fourth-order valence-corrected chi connectivity index (χ4v) is 2.19. The zero-order chi connectivity index (χ0) is 15.0. The molecule has 0 amide bonds. The molecule has 1 N–H and O–H groups in total. The molecule has 1 aromatic rings. The predicted molar refractivity (Wildman–Crippen MR) is 76.4 cm³/mol. The zero-order valence-corrected chi connectivity index (χ0v) is 12.4. The largest absolute Gasteiger partial charge is 0.508 e. The molecular formula is C15H24FNO3. The minimum Gasteiger partial charge on any atom is -0.508 e. The summed E-state index contributed by atoms with van der Waals surface area (Å²) in [6, 6.07) is 4.14. The fraction of sp³-hybridized carbons (Fsp3) is 0.600. The highest BCUT2D eigenvalue weighted by molar-refractivity contribution is 5.34. The second-order valence-electron chi connectivity index (χ2n) is 4.75. The zero-order valence-electron chi connectivity index (χ0n) is 12.4. The molecule has 20 heavy (non-hydrogen) atoms. The van der Waals surface area contributed by atoms with Gasteiger partial charge in [0.25, 0.3) is 0 Å². The SMILES string of the molecule is COCCCN(CCOC)C(C)c1ccc(F)cc1O. The van der Waals surface area contributed by atoms with E-state index in [-0.39, 0.29) is 11.8 Å². The van der Waals surface area contributed by atoms with Crippen molar-refractivity contribution in [3.8, 4) is 5.75 Å². The summed E-state index contributed by atoms with van der Waals surface area (Å²) in [4.78, 5) is 2.19. The fourth-order valence-electron chi connectivity index (χ4n) is 2.19. The Morgan fingerprint density at radius 2 is 1.90 bits per heavy atom. The summed E-state index contributed by atoms with van der Waals surface area (Å²) in [7, 11) is 3.34. The molecule has 0 aliphatic carbocycles. The third-order valence-electron chi connectivity index (χ3n) is 3.37. The van der Waals surface area contributed by atoms with E-state index in [1.807, 2.05) is 6.92 Å². The van der Waals surface area contributed by atoms with Crippen LogP contribution >= 0.6 is 0 Å². The smallest absolute Gasteiger partial charge is 0.126 e. The van der Waals surface area contributed by atoms with Crippen LogP contribution in [0.25, 0.3) is 0 Å². The maximum Gasteiger partial charge on any atom is 0.126 e. The van der Waals surface area contributed by atoms with Gasteiger partial charge in [0.05, 0.1) is 6.61 Å². The summed E-state index contributed by atoms with van der Waals surface area (Å²) in [5, 5.41) is 9.89. The van der Waals surface area contributed by atoms with Crippen LogP contribution in [0.1, 0.15) is 24.9 Å². The molecule has 1 rings (SSSR count). The van der Waals surface area contributed by atoms with Crippen molar-refractivity contribution in [1.82, 2.24) is 4.90 Å². The summed E-state index contributed by atoms with van der Waals surface area (Å²) in [6.45, 7) is 4.87. The number of aromatic hydroxyl groups is 1. The van der Waals surface area contributed by atoms with Gasteiger partial charge < -0.3 is 14.6 Å². The average Bonchev–Trinajstić information content (AvgIpc) is 2.42. The van der Waals surface area contributed by atoms with E-state index in [4.69, 9.17) is 9.47 Å². The number of halogens is 1. The second-order valence-corrected chi connectivity index (χ2v) is 4.75. The van der Waals surface area contributed by atoms with Crippen LogP contribution in [0.3, 0.4) is 0 Å². The molecule has 0 saturated carbocycles. The third kappa shape index (κ3) is 5.07. The first-order chi connectivity index (χ1) is 9.60. The molecule has 0 heterocycles. The molecule has 0 aliphatic heterocycles. The number of phenols is 1. The van der Waals surface area contributed by atoms with Crippen LogP contribution < -0.4 is 0 Å². The van der Waals surface area contributed by atoms with Gasteiger partial charge in [-0.3, -0.25) is 4.90 Å². The van der Waals surface area contributed by atoms with Crippen molar-refractivity contribution < 1.29 is 19.0 Å². The standard InChI is InChI=1S/C15H24FNO3/c1-12(14-6-5-13(16)11-15(14)18)17(8-10-20-3)7-4-9-19-2/h5-6,11-12,18H,4,7-10H2,1-3H3. The van der Waals surface area contributed by atoms with E-state index in [9.17, 15) is 9.50 Å². The summed E-state index contributed by atoms with van der Waals surface area (Å²) < 4.78 is 23.2. The summed E-state index contributed by atoms with van der Waals surface area (Å²) in [5.74, 6) is -0.437. The molecule has 1 aromatic carbocycles. The van der Waals surface area contributed by atoms with Gasteiger partial charge in [0, 0.05) is 51.6 Å². The topological polar surface area (TPSA) is 41.9 Å². The van der Waals surface area contributed by atoms with Crippen LogP contribution in [0.15, 0.2) is 18.2 Å². The molecule has 114 valence electrons. The Labute approximate surface area is 120 Å². The third-order valence-corrected chi connectivity index (χ3v) is 3.37. The molecule has 0 aromatic heterocycles. The monoisotopic (exact) mass is 285 g/mol. The van der Waals surface area contributed by atoms with Crippen LogP contribution in [0, 0.1) is 5.82 Å². The number of benzene rings is 1. The van der Waals surface area contributed by atoms with Crippen LogP contribution in [0.5, 0.6) is 5.75 Å². The van der Waals surface area contributed by atoms with Crippen molar-refractivity contribution in [1.29, 1.82) is 0 Å². The number of nitrogens with zero attached hydrogens (tertiary/aromatic N) is 1. The number of rotatable bonds is 9. The minimum atomic E-state index is -0.429. The highest BCUT2D eigenvalue weighted by Crippen LogP contribution is 2.29. The van der Waals surface area contributed by atoms with Gasteiger partial charge in [-0.25, -0.2) is 4.39 Å².